The number of hydrogen-bond donors (Lipinski definition) is 1. The lowest BCUT2D eigenvalue weighted by molar-refractivity contribution is -0.384. The first-order chi connectivity index (χ1) is 14.3. The molecule has 1 N–H and O–H groups in total. The van der Waals surface area contributed by atoms with Gasteiger partial charge in [-0.3, -0.25) is 14.9 Å². The first-order valence-corrected chi connectivity index (χ1v) is 9.72. The SMILES string of the molecule is Cc1cc(/C=C(\C#N)C(=O)Nc2cccc([N+](=O)[O-])c2)c(C)n1-c1ccc(Br)cc1. The normalized spacial score (nSPS) is 11.1. The number of nitrogens with zero attached hydrogens (tertiary/aromatic N) is 3. The van der Waals surface area contributed by atoms with Crippen molar-refractivity contribution < 1.29 is 9.72 Å². The summed E-state index contributed by atoms with van der Waals surface area (Å²) in [6.45, 7) is 3.86. The molecule has 0 unspecified atom stereocenters. The highest BCUT2D eigenvalue weighted by Crippen LogP contribution is 2.24. The number of nitriles is 1. The topological polar surface area (TPSA) is 101 Å². The van der Waals surface area contributed by atoms with Crippen LogP contribution in [-0.4, -0.2) is 15.4 Å². The minimum atomic E-state index is -0.633. The van der Waals surface area contributed by atoms with Crippen LogP contribution in [0.2, 0.25) is 0 Å². The van der Waals surface area contributed by atoms with Crippen molar-refractivity contribution >= 4 is 39.3 Å². The Labute approximate surface area is 181 Å². The minimum Gasteiger partial charge on any atom is -0.321 e. The van der Waals surface area contributed by atoms with Gasteiger partial charge in [0.2, 0.25) is 0 Å². The second-order valence-electron chi connectivity index (χ2n) is 6.57. The number of nitro benzene ring substituents is 1. The van der Waals surface area contributed by atoms with Crippen LogP contribution in [0.3, 0.4) is 0 Å². The summed E-state index contributed by atoms with van der Waals surface area (Å²) < 4.78 is 3.00. The Morgan fingerprint density at radius 1 is 1.20 bits per heavy atom. The van der Waals surface area contributed by atoms with Gasteiger partial charge in [-0.05, 0) is 61.9 Å². The number of aryl methyl sites for hydroxylation is 1. The van der Waals surface area contributed by atoms with Crippen molar-refractivity contribution in [1.29, 1.82) is 5.26 Å². The van der Waals surface area contributed by atoms with Crippen LogP contribution >= 0.6 is 15.9 Å². The summed E-state index contributed by atoms with van der Waals surface area (Å²) in [7, 11) is 0. The number of amides is 1. The van der Waals surface area contributed by atoms with Crippen LogP contribution in [0.1, 0.15) is 17.0 Å². The maximum atomic E-state index is 12.6. The molecule has 3 rings (SSSR count). The molecule has 0 bridgehead atoms. The number of rotatable bonds is 5. The van der Waals surface area contributed by atoms with Gasteiger partial charge in [0.15, 0.2) is 0 Å². The Kier molecular flexibility index (Phi) is 6.14. The summed E-state index contributed by atoms with van der Waals surface area (Å²) in [6.07, 6.45) is 1.52. The van der Waals surface area contributed by atoms with Gasteiger partial charge in [-0.15, -0.1) is 0 Å². The second-order valence-corrected chi connectivity index (χ2v) is 7.49. The third kappa shape index (κ3) is 4.47. The third-order valence-corrected chi connectivity index (χ3v) is 5.06. The van der Waals surface area contributed by atoms with Crippen molar-refractivity contribution in [2.75, 3.05) is 5.32 Å². The lowest BCUT2D eigenvalue weighted by Gasteiger charge is -2.09. The number of nitro groups is 1. The van der Waals surface area contributed by atoms with Gasteiger partial charge in [0.25, 0.3) is 11.6 Å². The van der Waals surface area contributed by atoms with Gasteiger partial charge in [0.1, 0.15) is 11.6 Å². The van der Waals surface area contributed by atoms with Gasteiger partial charge in [0, 0.05) is 39.4 Å². The molecular weight excluding hydrogens is 448 g/mol. The van der Waals surface area contributed by atoms with E-state index in [2.05, 4.69) is 21.2 Å². The van der Waals surface area contributed by atoms with Gasteiger partial charge >= 0.3 is 0 Å². The molecule has 0 aliphatic heterocycles. The Morgan fingerprint density at radius 3 is 2.53 bits per heavy atom. The minimum absolute atomic E-state index is 0.0995. The highest BCUT2D eigenvalue weighted by molar-refractivity contribution is 9.10. The molecule has 0 atom stereocenters. The number of hydrogen-bond acceptors (Lipinski definition) is 4. The van der Waals surface area contributed by atoms with E-state index >= 15 is 0 Å². The van der Waals surface area contributed by atoms with Crippen molar-refractivity contribution in [2.24, 2.45) is 0 Å². The van der Waals surface area contributed by atoms with Crippen LogP contribution < -0.4 is 5.32 Å². The first kappa shape index (κ1) is 21.0. The highest BCUT2D eigenvalue weighted by Gasteiger charge is 2.15. The molecule has 0 saturated heterocycles. The van der Waals surface area contributed by atoms with E-state index in [4.69, 9.17) is 0 Å². The van der Waals surface area contributed by atoms with Gasteiger partial charge in [-0.1, -0.05) is 22.0 Å². The number of aromatic nitrogens is 1. The number of non-ortho nitro benzene ring substituents is 1. The lowest BCUT2D eigenvalue weighted by Crippen LogP contribution is -2.13. The van der Waals surface area contributed by atoms with E-state index in [1.807, 2.05) is 54.8 Å². The second kappa shape index (κ2) is 8.76. The predicted octanol–water partition coefficient (Wildman–Crippen LogP) is 5.31. The summed E-state index contributed by atoms with van der Waals surface area (Å²) in [4.78, 5) is 22.9. The molecular formula is C22H17BrN4O3. The van der Waals surface area contributed by atoms with Crippen LogP contribution in [0.5, 0.6) is 0 Å². The van der Waals surface area contributed by atoms with E-state index in [1.54, 1.807) is 0 Å². The quantitative estimate of drug-likeness (QED) is 0.239. The molecule has 8 heteroatoms. The van der Waals surface area contributed by atoms with Gasteiger partial charge < -0.3 is 9.88 Å². The fraction of sp³-hybridized carbons (Fsp3) is 0.0909. The van der Waals surface area contributed by atoms with Crippen molar-refractivity contribution in [3.05, 3.63) is 91.7 Å². The average Bonchev–Trinajstić information content (AvgIpc) is 3.00. The van der Waals surface area contributed by atoms with Crippen molar-refractivity contribution in [1.82, 2.24) is 4.57 Å². The maximum absolute atomic E-state index is 12.6. The zero-order chi connectivity index (χ0) is 21.8. The van der Waals surface area contributed by atoms with Gasteiger partial charge in [-0.2, -0.15) is 5.26 Å². The maximum Gasteiger partial charge on any atom is 0.271 e. The Morgan fingerprint density at radius 2 is 1.90 bits per heavy atom. The molecule has 0 fully saturated rings. The zero-order valence-electron chi connectivity index (χ0n) is 16.2. The van der Waals surface area contributed by atoms with Crippen LogP contribution in [0.4, 0.5) is 11.4 Å². The smallest absolute Gasteiger partial charge is 0.271 e. The fourth-order valence-corrected chi connectivity index (χ4v) is 3.39. The molecule has 0 spiro atoms. The fourth-order valence-electron chi connectivity index (χ4n) is 3.12. The molecule has 30 heavy (non-hydrogen) atoms. The number of anilines is 1. The van der Waals surface area contributed by atoms with Crippen LogP contribution in [0.25, 0.3) is 11.8 Å². The number of halogens is 1. The Balaban J connectivity index is 1.91. The molecule has 0 aliphatic rings. The van der Waals surface area contributed by atoms with E-state index in [1.165, 1.54) is 30.3 Å². The van der Waals surface area contributed by atoms with Crippen molar-refractivity contribution in [2.45, 2.75) is 13.8 Å². The lowest BCUT2D eigenvalue weighted by atomic mass is 10.1. The van der Waals surface area contributed by atoms with E-state index in [0.717, 1.165) is 27.1 Å². The Bertz CT molecular complexity index is 1200. The van der Waals surface area contributed by atoms with E-state index in [9.17, 15) is 20.2 Å². The monoisotopic (exact) mass is 464 g/mol. The molecule has 0 radical (unpaired) electrons. The summed E-state index contributed by atoms with van der Waals surface area (Å²) in [5.41, 5.74) is 3.54. The van der Waals surface area contributed by atoms with Crippen LogP contribution in [0.15, 0.2) is 64.6 Å². The molecule has 150 valence electrons. The van der Waals surface area contributed by atoms with Gasteiger partial charge in [-0.25, -0.2) is 0 Å². The molecule has 0 saturated carbocycles. The molecule has 1 aromatic heterocycles. The van der Waals surface area contributed by atoms with Crippen LogP contribution in [-0.2, 0) is 4.79 Å². The molecule has 1 amide bonds. The Hall–Kier alpha value is -3.70. The predicted molar refractivity (Wildman–Crippen MR) is 118 cm³/mol. The summed E-state index contributed by atoms with van der Waals surface area (Å²) >= 11 is 3.42. The standard InChI is InChI=1S/C22H17BrN4O3/c1-14-10-16(15(2)26(14)20-8-6-18(23)7-9-20)11-17(13-24)22(28)25-19-4-3-5-21(12-19)27(29)30/h3-12H,1-2H3,(H,25,28)/b17-11+. The third-order valence-electron chi connectivity index (χ3n) is 4.53. The number of carbonyl (C=O) groups is 1. The first-order valence-electron chi connectivity index (χ1n) is 8.92. The number of carbonyl (C=O) groups excluding carboxylic acids is 1. The molecule has 1 heterocycles. The van der Waals surface area contributed by atoms with Crippen molar-refractivity contribution in [3.63, 3.8) is 0 Å². The van der Waals surface area contributed by atoms with E-state index < -0.39 is 10.8 Å². The summed E-state index contributed by atoms with van der Waals surface area (Å²) in [5.74, 6) is -0.633. The van der Waals surface area contributed by atoms with Crippen LogP contribution in [0, 0.1) is 35.3 Å². The zero-order valence-corrected chi connectivity index (χ0v) is 17.8. The molecule has 0 aliphatic carbocycles. The largest absolute Gasteiger partial charge is 0.321 e. The average molecular weight is 465 g/mol. The van der Waals surface area contributed by atoms with Crippen molar-refractivity contribution in [3.8, 4) is 11.8 Å². The molecule has 7 nitrogen and oxygen atoms in total. The highest BCUT2D eigenvalue weighted by atomic mass is 79.9. The number of benzene rings is 2. The van der Waals surface area contributed by atoms with E-state index in [-0.39, 0.29) is 16.9 Å². The summed E-state index contributed by atoms with van der Waals surface area (Å²) in [6, 6.07) is 17.2. The summed E-state index contributed by atoms with van der Waals surface area (Å²) in [5, 5.41) is 22.9. The number of nitrogens with one attached hydrogen (secondary N) is 1. The molecule has 3 aromatic rings. The van der Waals surface area contributed by atoms with E-state index in [0.29, 0.717) is 0 Å². The molecule has 2 aromatic carbocycles. The van der Waals surface area contributed by atoms with Gasteiger partial charge in [0.05, 0.1) is 4.92 Å².